The molecule has 0 bridgehead atoms. The van der Waals surface area contributed by atoms with Crippen molar-refractivity contribution in [2.24, 2.45) is 5.73 Å². The molecule has 0 aliphatic heterocycles. The van der Waals surface area contributed by atoms with E-state index in [0.717, 1.165) is 6.07 Å². The van der Waals surface area contributed by atoms with Gasteiger partial charge >= 0.3 is 5.97 Å². The van der Waals surface area contributed by atoms with Gasteiger partial charge in [-0.15, -0.1) is 10.2 Å². The molecule has 0 atom stereocenters. The molecular weight excluding hydrogens is 440 g/mol. The van der Waals surface area contributed by atoms with Gasteiger partial charge in [0.05, 0.1) is 25.3 Å². The zero-order chi connectivity index (χ0) is 24.4. The minimum Gasteiger partial charge on any atom is -0.507 e. The lowest BCUT2D eigenvalue weighted by Gasteiger charge is -2.13. The summed E-state index contributed by atoms with van der Waals surface area (Å²) in [6.07, 6.45) is 0. The van der Waals surface area contributed by atoms with E-state index in [0.29, 0.717) is 28.1 Å². The third-order valence-corrected chi connectivity index (χ3v) is 5.19. The van der Waals surface area contributed by atoms with Crippen molar-refractivity contribution in [1.82, 2.24) is 14.8 Å². The lowest BCUT2D eigenvalue weighted by Crippen LogP contribution is -2.17. The first kappa shape index (κ1) is 22.3. The van der Waals surface area contributed by atoms with Gasteiger partial charge in [-0.25, -0.2) is 4.79 Å². The number of carbonyl (C=O) groups is 2. The van der Waals surface area contributed by atoms with Crippen LogP contribution in [0.3, 0.4) is 0 Å². The number of aromatic hydroxyl groups is 2. The van der Waals surface area contributed by atoms with Gasteiger partial charge in [0.1, 0.15) is 17.2 Å². The first-order chi connectivity index (χ1) is 16.3. The van der Waals surface area contributed by atoms with Crippen molar-refractivity contribution in [1.29, 1.82) is 0 Å². The smallest absolute Gasteiger partial charge is 0.337 e. The number of methoxy groups -OCH3 is 2. The number of rotatable bonds is 6. The number of carbonyl (C=O) groups excluding carboxylic acids is 2. The van der Waals surface area contributed by atoms with Gasteiger partial charge < -0.3 is 25.4 Å². The fourth-order valence-electron chi connectivity index (χ4n) is 3.49. The second kappa shape index (κ2) is 8.94. The van der Waals surface area contributed by atoms with Crippen molar-refractivity contribution in [3.63, 3.8) is 0 Å². The maximum Gasteiger partial charge on any atom is 0.337 e. The van der Waals surface area contributed by atoms with E-state index in [9.17, 15) is 19.8 Å². The summed E-state index contributed by atoms with van der Waals surface area (Å²) in [6, 6.07) is 15.8. The van der Waals surface area contributed by atoms with Crippen LogP contribution in [0.15, 0.2) is 60.7 Å². The first-order valence-electron chi connectivity index (χ1n) is 9.98. The molecule has 0 saturated heterocycles. The van der Waals surface area contributed by atoms with Gasteiger partial charge in [0, 0.05) is 17.3 Å². The second-order valence-corrected chi connectivity index (χ2v) is 7.20. The lowest BCUT2D eigenvalue weighted by atomic mass is 9.99. The minimum absolute atomic E-state index is 0.129. The molecule has 10 heteroatoms. The number of aromatic nitrogens is 3. The number of hydrogen-bond acceptors (Lipinski definition) is 8. The fourth-order valence-corrected chi connectivity index (χ4v) is 3.49. The van der Waals surface area contributed by atoms with Crippen molar-refractivity contribution < 1.29 is 29.3 Å². The quantitative estimate of drug-likeness (QED) is 0.372. The number of benzene rings is 3. The Morgan fingerprint density at radius 3 is 2.12 bits per heavy atom. The highest BCUT2D eigenvalue weighted by molar-refractivity contribution is 5.92. The van der Waals surface area contributed by atoms with E-state index < -0.39 is 11.9 Å². The van der Waals surface area contributed by atoms with Crippen molar-refractivity contribution >= 4 is 11.9 Å². The number of esters is 1. The zero-order valence-corrected chi connectivity index (χ0v) is 18.2. The number of phenols is 2. The summed E-state index contributed by atoms with van der Waals surface area (Å²) >= 11 is 0. The predicted octanol–water partition coefficient (Wildman–Crippen LogP) is 2.91. The normalized spacial score (nSPS) is 10.6. The van der Waals surface area contributed by atoms with Crippen LogP contribution in [0.2, 0.25) is 0 Å². The van der Waals surface area contributed by atoms with Gasteiger partial charge in [0.2, 0.25) is 5.82 Å². The van der Waals surface area contributed by atoms with Gasteiger partial charge in [0.25, 0.3) is 5.91 Å². The van der Waals surface area contributed by atoms with Gasteiger partial charge in [-0.05, 0) is 48.0 Å². The molecule has 4 aromatic rings. The Morgan fingerprint density at radius 1 is 0.882 bits per heavy atom. The van der Waals surface area contributed by atoms with Crippen molar-refractivity contribution in [2.45, 2.75) is 0 Å². The average molecular weight is 460 g/mol. The Kier molecular flexibility index (Phi) is 5.88. The zero-order valence-electron chi connectivity index (χ0n) is 18.2. The van der Waals surface area contributed by atoms with E-state index in [1.54, 1.807) is 48.5 Å². The SMILES string of the molecule is COC(=O)c1ccc(-c2cc(-c3nnc(C(N)=O)n3-c3ccc(OC)cc3)c(O)cc2O)cc1. The Morgan fingerprint density at radius 2 is 1.53 bits per heavy atom. The molecule has 0 unspecified atom stereocenters. The van der Waals surface area contributed by atoms with Crippen molar-refractivity contribution in [3.8, 4) is 45.5 Å². The maximum atomic E-state index is 12.0. The summed E-state index contributed by atoms with van der Waals surface area (Å²) in [5.74, 6) is -1.20. The molecule has 0 spiro atoms. The predicted molar refractivity (Wildman–Crippen MR) is 122 cm³/mol. The number of primary amides is 1. The number of nitrogens with two attached hydrogens (primary N) is 1. The molecule has 0 aliphatic carbocycles. The van der Waals surface area contributed by atoms with Gasteiger partial charge in [-0.3, -0.25) is 9.36 Å². The molecule has 0 saturated carbocycles. The summed E-state index contributed by atoms with van der Waals surface area (Å²) in [7, 11) is 2.81. The molecule has 1 heterocycles. The van der Waals surface area contributed by atoms with Gasteiger partial charge in [-0.1, -0.05) is 12.1 Å². The van der Waals surface area contributed by atoms with Crippen LogP contribution in [0.25, 0.3) is 28.2 Å². The molecule has 0 fully saturated rings. The topological polar surface area (TPSA) is 150 Å². The molecule has 172 valence electrons. The van der Waals surface area contributed by atoms with E-state index in [1.807, 2.05) is 0 Å². The second-order valence-electron chi connectivity index (χ2n) is 7.20. The summed E-state index contributed by atoms with van der Waals surface area (Å²) in [6.45, 7) is 0. The van der Waals surface area contributed by atoms with E-state index in [1.165, 1.54) is 24.9 Å². The minimum atomic E-state index is -0.813. The fraction of sp³-hybridized carbons (Fsp3) is 0.0833. The Labute approximate surface area is 193 Å². The molecule has 3 aromatic carbocycles. The van der Waals surface area contributed by atoms with E-state index in [-0.39, 0.29) is 28.7 Å². The molecule has 34 heavy (non-hydrogen) atoms. The monoisotopic (exact) mass is 460 g/mol. The molecule has 0 radical (unpaired) electrons. The van der Waals surface area contributed by atoms with Crippen LogP contribution in [0.1, 0.15) is 21.0 Å². The summed E-state index contributed by atoms with van der Waals surface area (Å²) in [5, 5.41) is 29.1. The first-order valence-corrected chi connectivity index (χ1v) is 9.98. The van der Waals surface area contributed by atoms with E-state index in [4.69, 9.17) is 15.2 Å². The average Bonchev–Trinajstić information content (AvgIpc) is 3.29. The maximum absolute atomic E-state index is 12.0. The number of hydrogen-bond donors (Lipinski definition) is 3. The molecule has 1 aromatic heterocycles. The van der Waals surface area contributed by atoms with E-state index >= 15 is 0 Å². The van der Waals surface area contributed by atoms with Crippen LogP contribution in [-0.4, -0.2) is 51.1 Å². The van der Waals surface area contributed by atoms with Gasteiger partial charge in [0.15, 0.2) is 5.82 Å². The largest absolute Gasteiger partial charge is 0.507 e. The van der Waals surface area contributed by atoms with Crippen molar-refractivity contribution in [2.75, 3.05) is 14.2 Å². The highest BCUT2D eigenvalue weighted by Crippen LogP contribution is 2.40. The molecule has 4 N–H and O–H groups in total. The van der Waals surface area contributed by atoms with Crippen molar-refractivity contribution in [3.05, 3.63) is 72.1 Å². The van der Waals surface area contributed by atoms with Crippen LogP contribution in [0, 0.1) is 0 Å². The van der Waals surface area contributed by atoms with Crippen LogP contribution in [0.5, 0.6) is 17.2 Å². The van der Waals surface area contributed by atoms with Crippen LogP contribution < -0.4 is 10.5 Å². The van der Waals surface area contributed by atoms with E-state index in [2.05, 4.69) is 10.2 Å². The number of ether oxygens (including phenoxy) is 2. The molecule has 10 nitrogen and oxygen atoms in total. The summed E-state index contributed by atoms with van der Waals surface area (Å²) in [4.78, 5) is 23.7. The third kappa shape index (κ3) is 3.99. The summed E-state index contributed by atoms with van der Waals surface area (Å²) in [5.41, 5.74) is 7.47. The molecule has 4 rings (SSSR count). The molecule has 1 amide bonds. The Balaban J connectivity index is 1.87. The van der Waals surface area contributed by atoms with Crippen LogP contribution in [-0.2, 0) is 4.74 Å². The Hall–Kier alpha value is -4.86. The van der Waals surface area contributed by atoms with Crippen LogP contribution in [0.4, 0.5) is 0 Å². The standard InChI is InChI=1S/C24H20N4O6/c1-33-16-9-7-15(8-10-16)28-22(26-27-23(28)21(25)31)18-11-17(19(29)12-20(18)30)13-3-5-14(6-4-13)24(32)34-2/h3-12,29-30H,1-2H3,(H2,25,31). The third-order valence-electron chi connectivity index (χ3n) is 5.19. The highest BCUT2D eigenvalue weighted by atomic mass is 16.5. The number of nitrogens with zero attached hydrogens (tertiary/aromatic N) is 3. The van der Waals surface area contributed by atoms with Gasteiger partial charge in [-0.2, -0.15) is 0 Å². The highest BCUT2D eigenvalue weighted by Gasteiger charge is 2.23. The Bertz CT molecular complexity index is 1380. The molecule has 0 aliphatic rings. The number of amides is 1. The van der Waals surface area contributed by atoms with Crippen LogP contribution >= 0.6 is 0 Å². The summed E-state index contributed by atoms with van der Waals surface area (Å²) < 4.78 is 11.3. The lowest BCUT2D eigenvalue weighted by molar-refractivity contribution is 0.0600. The number of phenolic OH excluding ortho intramolecular Hbond substituents is 2. The molecular formula is C24H20N4O6.